The van der Waals surface area contributed by atoms with Gasteiger partial charge in [0.1, 0.15) is 24.2 Å². The molecule has 4 rings (SSSR count). The first-order valence-corrected chi connectivity index (χ1v) is 17.7. The fourth-order valence-electron chi connectivity index (χ4n) is 5.97. The Hall–Kier alpha value is -4.90. The van der Waals surface area contributed by atoms with Crippen LogP contribution in [0.4, 0.5) is 0 Å². The molecule has 14 heteroatoms. The molecule has 2 heterocycles. The summed E-state index contributed by atoms with van der Waals surface area (Å²) in [5.74, 6) is -3.10. The van der Waals surface area contributed by atoms with Crippen LogP contribution in [0.2, 0.25) is 0 Å². The summed E-state index contributed by atoms with van der Waals surface area (Å²) in [6.07, 6.45) is 2.04. The standard InChI is InChI=1S/C35H43N7O6S/c1-20(2)30-35(48)42-19-24(38-32(45)25-13-9-8-12-23(25)18-36)16-28(42)34(47)37-21(3)31(44)40-27(22-10-6-5-7-11-22)17-29(43)39-26(14-15-49-4)33(46)41-30/h5-13,20-21,24,26-28,30H,14-17,19H2,1-4H3,(H,37,47)(H,38,45)(H,39,43)(H,40,44)(H,41,46)/t21-,24-,26-,27-,28-,30-/m0/s1. The van der Waals surface area contributed by atoms with Crippen LogP contribution in [0.15, 0.2) is 54.6 Å². The maximum atomic E-state index is 14.2. The third-order valence-corrected chi connectivity index (χ3v) is 9.31. The zero-order valence-corrected chi connectivity index (χ0v) is 28.8. The van der Waals surface area contributed by atoms with Gasteiger partial charge >= 0.3 is 0 Å². The van der Waals surface area contributed by atoms with Gasteiger partial charge in [0.15, 0.2) is 0 Å². The van der Waals surface area contributed by atoms with Gasteiger partial charge in [0, 0.05) is 12.6 Å². The quantitative estimate of drug-likeness (QED) is 0.288. The van der Waals surface area contributed by atoms with E-state index in [4.69, 9.17) is 0 Å². The lowest BCUT2D eigenvalue weighted by Crippen LogP contribution is -2.59. The highest BCUT2D eigenvalue weighted by molar-refractivity contribution is 7.98. The first-order chi connectivity index (χ1) is 23.4. The van der Waals surface area contributed by atoms with E-state index < -0.39 is 77.6 Å². The molecule has 0 unspecified atom stereocenters. The molecule has 0 radical (unpaired) electrons. The van der Waals surface area contributed by atoms with Crippen molar-refractivity contribution in [3.63, 3.8) is 0 Å². The number of hydrogen-bond acceptors (Lipinski definition) is 8. The minimum absolute atomic E-state index is 0.0319. The molecule has 2 aliphatic rings. The Kier molecular flexibility index (Phi) is 12.8. The van der Waals surface area contributed by atoms with Crippen LogP contribution in [-0.2, 0) is 24.0 Å². The van der Waals surface area contributed by atoms with Crippen LogP contribution in [0.5, 0.6) is 0 Å². The number of hydrogen-bond donors (Lipinski definition) is 5. The summed E-state index contributed by atoms with van der Waals surface area (Å²) in [6, 6.07) is 11.7. The van der Waals surface area contributed by atoms with Crippen LogP contribution in [-0.4, -0.2) is 89.1 Å². The van der Waals surface area contributed by atoms with E-state index in [1.165, 1.54) is 35.7 Å². The number of amides is 6. The number of carbonyl (C=O) groups excluding carboxylic acids is 6. The van der Waals surface area contributed by atoms with Crippen molar-refractivity contribution in [2.75, 3.05) is 18.6 Å². The molecule has 5 N–H and O–H groups in total. The van der Waals surface area contributed by atoms with Gasteiger partial charge < -0.3 is 31.5 Å². The van der Waals surface area contributed by atoms with Gasteiger partial charge in [-0.25, -0.2) is 0 Å². The molecular formula is C35H43N7O6S. The van der Waals surface area contributed by atoms with E-state index in [2.05, 4.69) is 26.6 Å². The fraction of sp³-hybridized carbons (Fsp3) is 0.457. The predicted octanol–water partition coefficient (Wildman–Crippen LogP) is 1.40. The van der Waals surface area contributed by atoms with E-state index >= 15 is 0 Å². The smallest absolute Gasteiger partial charge is 0.252 e. The van der Waals surface area contributed by atoms with Gasteiger partial charge in [-0.05, 0) is 55.4 Å². The van der Waals surface area contributed by atoms with Gasteiger partial charge in [-0.1, -0.05) is 56.3 Å². The number of nitriles is 1. The SMILES string of the molecule is CSCC[C@@H]1NC(=O)C[C@@H](c2ccccc2)NC(=O)[C@H](C)NC(=O)[C@@H]2C[C@H](NC(=O)c3ccccc3C#N)CN2C(=O)[C@H](C(C)C)NC1=O. The van der Waals surface area contributed by atoms with Gasteiger partial charge in [-0.3, -0.25) is 28.8 Å². The van der Waals surface area contributed by atoms with E-state index in [9.17, 15) is 34.0 Å². The van der Waals surface area contributed by atoms with E-state index in [1.807, 2.05) is 18.4 Å². The Labute approximate surface area is 290 Å². The van der Waals surface area contributed by atoms with Crippen molar-refractivity contribution in [1.29, 1.82) is 5.26 Å². The van der Waals surface area contributed by atoms with E-state index in [-0.39, 0.29) is 30.5 Å². The third-order valence-electron chi connectivity index (χ3n) is 8.67. The number of carbonyl (C=O) groups is 6. The van der Waals surface area contributed by atoms with Crippen molar-refractivity contribution in [2.45, 2.75) is 76.3 Å². The zero-order chi connectivity index (χ0) is 35.7. The summed E-state index contributed by atoms with van der Waals surface area (Å²) in [5, 5.41) is 23.5. The number of nitrogens with one attached hydrogen (secondary N) is 5. The first-order valence-electron chi connectivity index (χ1n) is 16.3. The average Bonchev–Trinajstić information content (AvgIpc) is 3.51. The zero-order valence-electron chi connectivity index (χ0n) is 28.0. The summed E-state index contributed by atoms with van der Waals surface area (Å²) < 4.78 is 0. The Morgan fingerprint density at radius 3 is 2.33 bits per heavy atom. The van der Waals surface area contributed by atoms with Crippen molar-refractivity contribution in [2.24, 2.45) is 5.92 Å². The van der Waals surface area contributed by atoms with Crippen LogP contribution in [0.1, 0.15) is 67.6 Å². The third kappa shape index (κ3) is 9.38. The lowest BCUT2D eigenvalue weighted by Gasteiger charge is -2.32. The second-order valence-electron chi connectivity index (χ2n) is 12.6. The Balaban J connectivity index is 1.68. The first kappa shape index (κ1) is 36.9. The number of rotatable bonds is 7. The van der Waals surface area contributed by atoms with Crippen molar-refractivity contribution < 1.29 is 28.8 Å². The Morgan fingerprint density at radius 1 is 0.959 bits per heavy atom. The maximum absolute atomic E-state index is 14.2. The molecule has 0 saturated carbocycles. The van der Waals surface area contributed by atoms with Crippen LogP contribution < -0.4 is 26.6 Å². The molecule has 6 atom stereocenters. The molecule has 13 nitrogen and oxygen atoms in total. The lowest BCUT2D eigenvalue weighted by atomic mass is 10.0. The highest BCUT2D eigenvalue weighted by Crippen LogP contribution is 2.23. The van der Waals surface area contributed by atoms with Crippen molar-refractivity contribution in [1.82, 2.24) is 31.5 Å². The van der Waals surface area contributed by atoms with E-state index in [0.717, 1.165) is 0 Å². The monoisotopic (exact) mass is 689 g/mol. The molecule has 0 bridgehead atoms. The van der Waals surface area contributed by atoms with Crippen LogP contribution in [0, 0.1) is 17.2 Å². The highest BCUT2D eigenvalue weighted by Gasteiger charge is 2.44. The normalized spacial score (nSPS) is 25.4. The van der Waals surface area contributed by atoms with Crippen LogP contribution in [0.3, 0.4) is 0 Å². The molecule has 49 heavy (non-hydrogen) atoms. The van der Waals surface area contributed by atoms with Gasteiger partial charge in [-0.2, -0.15) is 17.0 Å². The van der Waals surface area contributed by atoms with Crippen molar-refractivity contribution >= 4 is 47.2 Å². The summed E-state index contributed by atoms with van der Waals surface area (Å²) in [5.41, 5.74) is 1.00. The Morgan fingerprint density at radius 2 is 1.65 bits per heavy atom. The molecule has 2 aromatic carbocycles. The average molecular weight is 690 g/mol. The molecule has 6 amide bonds. The van der Waals surface area contributed by atoms with Gasteiger partial charge in [0.05, 0.1) is 29.7 Å². The minimum Gasteiger partial charge on any atom is -0.347 e. The van der Waals surface area contributed by atoms with Crippen molar-refractivity contribution in [3.8, 4) is 6.07 Å². The summed E-state index contributed by atoms with van der Waals surface area (Å²) in [7, 11) is 0. The van der Waals surface area contributed by atoms with Crippen LogP contribution >= 0.6 is 11.8 Å². The van der Waals surface area contributed by atoms with E-state index in [1.54, 1.807) is 50.2 Å². The fourth-order valence-corrected chi connectivity index (χ4v) is 6.44. The molecule has 2 fully saturated rings. The van der Waals surface area contributed by atoms with Crippen molar-refractivity contribution in [3.05, 3.63) is 71.3 Å². The summed E-state index contributed by atoms with van der Waals surface area (Å²) in [4.78, 5) is 83.1. The predicted molar refractivity (Wildman–Crippen MR) is 184 cm³/mol. The molecule has 0 aromatic heterocycles. The molecule has 2 aliphatic heterocycles. The molecule has 0 spiro atoms. The minimum atomic E-state index is -1.08. The van der Waals surface area contributed by atoms with Gasteiger partial charge in [0.2, 0.25) is 29.5 Å². The molecule has 2 saturated heterocycles. The van der Waals surface area contributed by atoms with E-state index in [0.29, 0.717) is 17.7 Å². The molecular weight excluding hydrogens is 646 g/mol. The maximum Gasteiger partial charge on any atom is 0.252 e. The topological polar surface area (TPSA) is 190 Å². The molecule has 2 aromatic rings. The number of benzene rings is 2. The lowest BCUT2D eigenvalue weighted by molar-refractivity contribution is -0.143. The van der Waals surface area contributed by atoms with Crippen LogP contribution in [0.25, 0.3) is 0 Å². The van der Waals surface area contributed by atoms with Gasteiger partial charge in [-0.15, -0.1) is 0 Å². The molecule has 0 aliphatic carbocycles. The summed E-state index contributed by atoms with van der Waals surface area (Å²) >= 11 is 1.50. The number of nitrogens with zero attached hydrogens (tertiary/aromatic N) is 2. The second-order valence-corrected chi connectivity index (χ2v) is 13.6. The summed E-state index contributed by atoms with van der Waals surface area (Å²) in [6.45, 7) is 4.97. The number of thioether (sulfide) groups is 1. The largest absolute Gasteiger partial charge is 0.347 e. The van der Waals surface area contributed by atoms with Gasteiger partial charge in [0.25, 0.3) is 5.91 Å². The highest BCUT2D eigenvalue weighted by atomic mass is 32.2. The number of fused-ring (bicyclic) bond motifs is 1. The second kappa shape index (κ2) is 17.0. The molecule has 260 valence electrons. The Bertz CT molecular complexity index is 1600.